The molecule has 1 aromatic rings. The van der Waals surface area contributed by atoms with Crippen molar-refractivity contribution >= 4 is 24.2 Å². The van der Waals surface area contributed by atoms with Crippen LogP contribution in [0.4, 0.5) is 4.39 Å². The number of carbonyl (C=O) groups excluding carboxylic acids is 2. The Bertz CT molecular complexity index is 636. The number of likely N-dealkylation sites (tertiary alicyclic amines) is 1. The SMILES string of the molecule is Cl.NC[C@H]1CC[C@@H](C(=O)N2CCC(C(=O)NCc3ccc(F)cc3)CC2)O1. The van der Waals surface area contributed by atoms with Crippen LogP contribution in [0.15, 0.2) is 24.3 Å². The van der Waals surface area contributed by atoms with E-state index in [0.29, 0.717) is 39.0 Å². The zero-order valence-electron chi connectivity index (χ0n) is 15.2. The lowest BCUT2D eigenvalue weighted by atomic mass is 9.95. The molecule has 150 valence electrons. The van der Waals surface area contributed by atoms with Crippen LogP contribution in [0.25, 0.3) is 0 Å². The molecule has 0 unspecified atom stereocenters. The second-order valence-electron chi connectivity index (χ2n) is 7.00. The molecule has 0 aromatic heterocycles. The molecule has 3 rings (SSSR count). The average molecular weight is 400 g/mol. The molecule has 2 fully saturated rings. The van der Waals surface area contributed by atoms with Gasteiger partial charge in [0.2, 0.25) is 5.91 Å². The van der Waals surface area contributed by atoms with Gasteiger partial charge in [0.15, 0.2) is 0 Å². The molecule has 2 aliphatic heterocycles. The van der Waals surface area contributed by atoms with Gasteiger partial charge in [0.25, 0.3) is 5.91 Å². The highest BCUT2D eigenvalue weighted by atomic mass is 35.5. The highest BCUT2D eigenvalue weighted by Crippen LogP contribution is 2.24. The van der Waals surface area contributed by atoms with Gasteiger partial charge >= 0.3 is 0 Å². The number of amides is 2. The minimum atomic E-state index is -0.382. The summed E-state index contributed by atoms with van der Waals surface area (Å²) in [4.78, 5) is 26.6. The standard InChI is InChI=1S/C19H26FN3O3.ClH/c20-15-3-1-13(2-4-15)12-22-18(24)14-7-9-23(10-8-14)19(25)17-6-5-16(11-21)26-17;/h1-4,14,16-17H,5-12,21H2,(H,22,24);1H/t16-,17+;/m1./s1. The summed E-state index contributed by atoms with van der Waals surface area (Å²) in [5.74, 6) is -0.380. The molecule has 1 aromatic carbocycles. The highest BCUT2D eigenvalue weighted by molar-refractivity contribution is 5.85. The predicted molar refractivity (Wildman–Crippen MR) is 102 cm³/mol. The summed E-state index contributed by atoms with van der Waals surface area (Å²) >= 11 is 0. The van der Waals surface area contributed by atoms with Crippen molar-refractivity contribution in [2.24, 2.45) is 11.7 Å². The van der Waals surface area contributed by atoms with E-state index in [1.807, 2.05) is 0 Å². The number of rotatable bonds is 5. The van der Waals surface area contributed by atoms with Crippen molar-refractivity contribution in [3.8, 4) is 0 Å². The molecule has 0 saturated carbocycles. The van der Waals surface area contributed by atoms with Gasteiger partial charge in [0.1, 0.15) is 11.9 Å². The number of halogens is 2. The topological polar surface area (TPSA) is 84.7 Å². The molecule has 0 radical (unpaired) electrons. The van der Waals surface area contributed by atoms with Crippen LogP contribution in [0.3, 0.4) is 0 Å². The van der Waals surface area contributed by atoms with Gasteiger partial charge in [-0.25, -0.2) is 4.39 Å². The fourth-order valence-electron chi connectivity index (χ4n) is 3.56. The Morgan fingerprint density at radius 3 is 2.41 bits per heavy atom. The Balaban J connectivity index is 0.00000261. The average Bonchev–Trinajstić information content (AvgIpc) is 3.16. The van der Waals surface area contributed by atoms with Crippen LogP contribution in [-0.2, 0) is 20.9 Å². The van der Waals surface area contributed by atoms with E-state index in [0.717, 1.165) is 18.4 Å². The fraction of sp³-hybridized carbons (Fsp3) is 0.579. The largest absolute Gasteiger partial charge is 0.364 e. The molecule has 8 heteroatoms. The number of benzene rings is 1. The number of nitrogens with two attached hydrogens (primary N) is 1. The van der Waals surface area contributed by atoms with Crippen molar-refractivity contribution in [3.63, 3.8) is 0 Å². The molecule has 2 saturated heterocycles. The van der Waals surface area contributed by atoms with Crippen LogP contribution in [-0.4, -0.2) is 48.6 Å². The van der Waals surface area contributed by atoms with Gasteiger partial charge in [-0.15, -0.1) is 12.4 Å². The van der Waals surface area contributed by atoms with Gasteiger partial charge in [0, 0.05) is 32.1 Å². The van der Waals surface area contributed by atoms with E-state index in [2.05, 4.69) is 5.32 Å². The van der Waals surface area contributed by atoms with Gasteiger partial charge < -0.3 is 20.7 Å². The van der Waals surface area contributed by atoms with Crippen LogP contribution in [0.5, 0.6) is 0 Å². The summed E-state index contributed by atoms with van der Waals surface area (Å²) in [5, 5.41) is 2.90. The van der Waals surface area contributed by atoms with E-state index in [4.69, 9.17) is 10.5 Å². The smallest absolute Gasteiger partial charge is 0.251 e. The van der Waals surface area contributed by atoms with Crippen molar-refractivity contribution in [2.75, 3.05) is 19.6 Å². The molecule has 0 bridgehead atoms. The third-order valence-electron chi connectivity index (χ3n) is 5.20. The lowest BCUT2D eigenvalue weighted by molar-refractivity contribution is -0.145. The van der Waals surface area contributed by atoms with E-state index >= 15 is 0 Å². The van der Waals surface area contributed by atoms with Crippen LogP contribution >= 0.6 is 12.4 Å². The number of nitrogens with zero attached hydrogens (tertiary/aromatic N) is 1. The van der Waals surface area contributed by atoms with Crippen LogP contribution in [0, 0.1) is 11.7 Å². The molecule has 6 nitrogen and oxygen atoms in total. The fourth-order valence-corrected chi connectivity index (χ4v) is 3.56. The third kappa shape index (κ3) is 5.64. The quantitative estimate of drug-likeness (QED) is 0.787. The van der Waals surface area contributed by atoms with Gasteiger partial charge in [-0.2, -0.15) is 0 Å². The Morgan fingerprint density at radius 1 is 1.15 bits per heavy atom. The number of piperidine rings is 1. The van der Waals surface area contributed by atoms with E-state index < -0.39 is 0 Å². The number of ether oxygens (including phenoxy) is 1. The number of hydrogen-bond donors (Lipinski definition) is 2. The zero-order chi connectivity index (χ0) is 18.5. The third-order valence-corrected chi connectivity index (χ3v) is 5.20. The number of carbonyl (C=O) groups is 2. The first-order valence-electron chi connectivity index (χ1n) is 9.23. The van der Waals surface area contributed by atoms with Gasteiger partial charge in [-0.05, 0) is 43.4 Å². The van der Waals surface area contributed by atoms with E-state index in [1.54, 1.807) is 17.0 Å². The molecule has 27 heavy (non-hydrogen) atoms. The molecular weight excluding hydrogens is 373 g/mol. The lowest BCUT2D eigenvalue weighted by Crippen LogP contribution is -2.46. The molecule has 0 spiro atoms. The molecular formula is C19H27ClFN3O3. The van der Waals surface area contributed by atoms with Crippen molar-refractivity contribution < 1.29 is 18.7 Å². The first kappa shape index (κ1) is 21.6. The van der Waals surface area contributed by atoms with Gasteiger partial charge in [0.05, 0.1) is 6.10 Å². The minimum Gasteiger partial charge on any atom is -0.364 e. The second kappa shape index (κ2) is 10.0. The number of nitrogens with one attached hydrogen (secondary N) is 1. The first-order valence-corrected chi connectivity index (χ1v) is 9.23. The van der Waals surface area contributed by atoms with E-state index in [9.17, 15) is 14.0 Å². The molecule has 2 atom stereocenters. The van der Waals surface area contributed by atoms with E-state index in [-0.39, 0.29) is 48.2 Å². The Labute approximate surface area is 165 Å². The minimum absolute atomic E-state index is 0. The molecule has 2 aliphatic rings. The normalized spacial score (nSPS) is 23.0. The second-order valence-corrected chi connectivity index (χ2v) is 7.00. The summed E-state index contributed by atoms with van der Waals surface area (Å²) in [6.45, 7) is 1.97. The Kier molecular flexibility index (Phi) is 8.01. The van der Waals surface area contributed by atoms with Crippen LogP contribution < -0.4 is 11.1 Å². The van der Waals surface area contributed by atoms with Crippen molar-refractivity contribution in [2.45, 2.75) is 44.4 Å². The zero-order valence-corrected chi connectivity index (χ0v) is 16.1. The molecule has 2 heterocycles. The summed E-state index contributed by atoms with van der Waals surface area (Å²) in [5.41, 5.74) is 6.45. The van der Waals surface area contributed by atoms with Gasteiger partial charge in [-0.3, -0.25) is 9.59 Å². The number of hydrogen-bond acceptors (Lipinski definition) is 4. The monoisotopic (exact) mass is 399 g/mol. The summed E-state index contributed by atoms with van der Waals surface area (Å²) in [6.07, 6.45) is 2.45. The Hall–Kier alpha value is -1.70. The van der Waals surface area contributed by atoms with E-state index in [1.165, 1.54) is 12.1 Å². The maximum atomic E-state index is 12.9. The maximum absolute atomic E-state index is 12.9. The summed E-state index contributed by atoms with van der Waals surface area (Å²) in [6, 6.07) is 6.08. The van der Waals surface area contributed by atoms with Crippen LogP contribution in [0.2, 0.25) is 0 Å². The lowest BCUT2D eigenvalue weighted by Gasteiger charge is -2.32. The van der Waals surface area contributed by atoms with Gasteiger partial charge in [-0.1, -0.05) is 12.1 Å². The highest BCUT2D eigenvalue weighted by Gasteiger charge is 2.35. The maximum Gasteiger partial charge on any atom is 0.251 e. The van der Waals surface area contributed by atoms with Crippen molar-refractivity contribution in [1.82, 2.24) is 10.2 Å². The Morgan fingerprint density at radius 2 is 1.81 bits per heavy atom. The molecule has 2 amide bonds. The predicted octanol–water partition coefficient (Wildman–Crippen LogP) is 1.61. The molecule has 3 N–H and O–H groups in total. The van der Waals surface area contributed by atoms with Crippen molar-refractivity contribution in [3.05, 3.63) is 35.6 Å². The molecule has 0 aliphatic carbocycles. The summed E-state index contributed by atoms with van der Waals surface area (Å²) < 4.78 is 18.6. The van der Waals surface area contributed by atoms with Crippen LogP contribution in [0.1, 0.15) is 31.2 Å². The summed E-state index contributed by atoms with van der Waals surface area (Å²) in [7, 11) is 0. The van der Waals surface area contributed by atoms with Crippen molar-refractivity contribution in [1.29, 1.82) is 0 Å². The first-order chi connectivity index (χ1) is 12.6.